The Morgan fingerprint density at radius 3 is 2.81 bits per heavy atom. The van der Waals surface area contributed by atoms with Crippen LogP contribution in [0.1, 0.15) is 13.8 Å². The van der Waals surface area contributed by atoms with Crippen molar-refractivity contribution < 1.29 is 8.42 Å². The number of nitrogens with one attached hydrogen (secondary N) is 2. The van der Waals surface area contributed by atoms with Crippen LogP contribution in [0.25, 0.3) is 0 Å². The summed E-state index contributed by atoms with van der Waals surface area (Å²) in [6.45, 7) is 5.63. The lowest BCUT2D eigenvalue weighted by Gasteiger charge is -2.41. The van der Waals surface area contributed by atoms with E-state index in [9.17, 15) is 8.42 Å². The molecule has 7 heteroatoms. The number of rotatable bonds is 2. The molecule has 1 aliphatic heterocycles. The van der Waals surface area contributed by atoms with Gasteiger partial charge in [-0.15, -0.1) is 0 Å². The first-order valence-electron chi connectivity index (χ1n) is 5.16. The van der Waals surface area contributed by atoms with Crippen molar-refractivity contribution in [3.8, 4) is 0 Å². The molecule has 0 aromatic carbocycles. The predicted molar refractivity (Wildman–Crippen MR) is 59.4 cm³/mol. The average Bonchev–Trinajstić information content (AvgIpc) is 2.69. The van der Waals surface area contributed by atoms with Gasteiger partial charge in [0.1, 0.15) is 0 Å². The summed E-state index contributed by atoms with van der Waals surface area (Å²) in [5, 5.41) is 3.35. The van der Waals surface area contributed by atoms with E-state index in [1.165, 1.54) is 16.8 Å². The maximum Gasteiger partial charge on any atom is 0.260 e. The van der Waals surface area contributed by atoms with Crippen LogP contribution < -0.4 is 5.32 Å². The number of aromatic amines is 1. The fourth-order valence-electron chi connectivity index (χ4n) is 1.91. The van der Waals surface area contributed by atoms with Gasteiger partial charge in [-0.05, 0) is 13.8 Å². The van der Waals surface area contributed by atoms with Gasteiger partial charge in [-0.1, -0.05) is 0 Å². The van der Waals surface area contributed by atoms with Crippen molar-refractivity contribution in [3.63, 3.8) is 0 Å². The lowest BCUT2D eigenvalue weighted by molar-refractivity contribution is 0.185. The van der Waals surface area contributed by atoms with Crippen molar-refractivity contribution in [1.29, 1.82) is 0 Å². The third-order valence-corrected chi connectivity index (χ3v) is 4.80. The van der Waals surface area contributed by atoms with Crippen LogP contribution in [0.5, 0.6) is 0 Å². The smallest absolute Gasteiger partial charge is 0.260 e. The summed E-state index contributed by atoms with van der Waals surface area (Å²) in [5.74, 6) is 0. The highest BCUT2D eigenvalue weighted by molar-refractivity contribution is 7.89. The van der Waals surface area contributed by atoms with Crippen molar-refractivity contribution in [2.45, 2.75) is 24.4 Å². The minimum absolute atomic E-state index is 0.155. The van der Waals surface area contributed by atoms with Gasteiger partial charge in [0.05, 0.1) is 12.5 Å². The molecule has 1 aromatic heterocycles. The van der Waals surface area contributed by atoms with Gasteiger partial charge in [0.2, 0.25) is 0 Å². The number of sulfonamides is 1. The molecular weight excluding hydrogens is 228 g/mol. The maximum absolute atomic E-state index is 12.3. The van der Waals surface area contributed by atoms with Crippen LogP contribution in [0.3, 0.4) is 0 Å². The van der Waals surface area contributed by atoms with Crippen LogP contribution in [0.4, 0.5) is 0 Å². The third kappa shape index (κ3) is 1.85. The highest BCUT2D eigenvalue weighted by atomic mass is 32.2. The Hall–Kier alpha value is -0.920. The van der Waals surface area contributed by atoms with E-state index in [-0.39, 0.29) is 5.03 Å². The fourth-order valence-corrected chi connectivity index (χ4v) is 3.59. The molecule has 2 heterocycles. The first-order valence-corrected chi connectivity index (χ1v) is 6.60. The SMILES string of the molecule is CC1(C)CNCCN1S(=O)(=O)c1cnc[nH]1. The molecule has 16 heavy (non-hydrogen) atoms. The molecule has 0 radical (unpaired) electrons. The average molecular weight is 244 g/mol. The Balaban J connectivity index is 2.37. The van der Waals surface area contributed by atoms with E-state index in [0.717, 1.165) is 0 Å². The zero-order valence-corrected chi connectivity index (χ0v) is 10.2. The second-order valence-electron chi connectivity index (χ2n) is 4.48. The summed E-state index contributed by atoms with van der Waals surface area (Å²) in [7, 11) is -3.45. The molecule has 0 spiro atoms. The van der Waals surface area contributed by atoms with Gasteiger partial charge in [0, 0.05) is 25.2 Å². The van der Waals surface area contributed by atoms with Gasteiger partial charge in [-0.25, -0.2) is 13.4 Å². The molecule has 1 saturated heterocycles. The van der Waals surface area contributed by atoms with Gasteiger partial charge in [0.15, 0.2) is 5.03 Å². The Kier molecular flexibility index (Phi) is 2.77. The van der Waals surface area contributed by atoms with Crippen LogP contribution >= 0.6 is 0 Å². The number of H-pyrrole nitrogens is 1. The number of hydrogen-bond donors (Lipinski definition) is 2. The number of imidazole rings is 1. The van der Waals surface area contributed by atoms with Crippen molar-refractivity contribution in [1.82, 2.24) is 19.6 Å². The van der Waals surface area contributed by atoms with Gasteiger partial charge in [-0.3, -0.25) is 0 Å². The molecule has 2 rings (SSSR count). The lowest BCUT2D eigenvalue weighted by Crippen LogP contribution is -2.59. The molecule has 0 bridgehead atoms. The highest BCUT2D eigenvalue weighted by Crippen LogP contribution is 2.24. The van der Waals surface area contributed by atoms with E-state index >= 15 is 0 Å². The van der Waals surface area contributed by atoms with Crippen molar-refractivity contribution in [2.75, 3.05) is 19.6 Å². The molecule has 1 aromatic rings. The topological polar surface area (TPSA) is 78.1 Å². The van der Waals surface area contributed by atoms with Crippen LogP contribution in [0.2, 0.25) is 0 Å². The maximum atomic E-state index is 12.3. The largest absolute Gasteiger partial charge is 0.335 e. The molecule has 0 atom stereocenters. The molecule has 0 amide bonds. The summed E-state index contributed by atoms with van der Waals surface area (Å²) in [5.41, 5.74) is -0.414. The van der Waals surface area contributed by atoms with Crippen LogP contribution in [-0.2, 0) is 10.0 Å². The van der Waals surface area contributed by atoms with E-state index in [4.69, 9.17) is 0 Å². The Labute approximate surface area is 95.1 Å². The van der Waals surface area contributed by atoms with Gasteiger partial charge in [0.25, 0.3) is 10.0 Å². The second kappa shape index (κ2) is 3.83. The molecule has 0 aliphatic carbocycles. The van der Waals surface area contributed by atoms with Crippen molar-refractivity contribution in [3.05, 3.63) is 12.5 Å². The summed E-state index contributed by atoms with van der Waals surface area (Å²) in [6.07, 6.45) is 2.72. The Bertz CT molecular complexity index is 452. The molecule has 2 N–H and O–H groups in total. The van der Waals surface area contributed by atoms with E-state index < -0.39 is 15.6 Å². The van der Waals surface area contributed by atoms with Crippen molar-refractivity contribution >= 4 is 10.0 Å². The van der Waals surface area contributed by atoms with E-state index in [2.05, 4.69) is 15.3 Å². The third-order valence-electron chi connectivity index (χ3n) is 2.77. The number of piperazine rings is 1. The van der Waals surface area contributed by atoms with Crippen molar-refractivity contribution in [2.24, 2.45) is 0 Å². The highest BCUT2D eigenvalue weighted by Gasteiger charge is 2.39. The lowest BCUT2D eigenvalue weighted by atomic mass is 10.0. The van der Waals surface area contributed by atoms with Crippen LogP contribution in [0.15, 0.2) is 17.6 Å². The minimum Gasteiger partial charge on any atom is -0.335 e. The standard InChI is InChI=1S/C9H16N4O2S/c1-9(2)6-10-3-4-13(9)16(14,15)8-5-11-7-12-8/h5,7,10H,3-4,6H2,1-2H3,(H,11,12). The van der Waals surface area contributed by atoms with E-state index in [1.54, 1.807) is 0 Å². The fraction of sp³-hybridized carbons (Fsp3) is 0.667. The molecule has 90 valence electrons. The zero-order valence-electron chi connectivity index (χ0n) is 9.40. The second-order valence-corrected chi connectivity index (χ2v) is 6.31. The number of hydrogen-bond acceptors (Lipinski definition) is 4. The molecule has 1 aliphatic rings. The number of nitrogens with zero attached hydrogens (tertiary/aromatic N) is 2. The van der Waals surface area contributed by atoms with E-state index in [1.807, 2.05) is 13.8 Å². The molecule has 6 nitrogen and oxygen atoms in total. The molecule has 1 fully saturated rings. The van der Waals surface area contributed by atoms with Crippen LogP contribution in [0, 0.1) is 0 Å². The normalized spacial score (nSPS) is 22.1. The van der Waals surface area contributed by atoms with Crippen LogP contribution in [-0.4, -0.2) is 47.9 Å². The molecule has 0 saturated carbocycles. The summed E-state index contributed by atoms with van der Waals surface area (Å²) < 4.78 is 26.1. The summed E-state index contributed by atoms with van der Waals surface area (Å²) in [6, 6.07) is 0. The first-order chi connectivity index (χ1) is 7.44. The Morgan fingerprint density at radius 2 is 2.25 bits per heavy atom. The molecule has 0 unspecified atom stereocenters. The van der Waals surface area contributed by atoms with Gasteiger partial charge >= 0.3 is 0 Å². The minimum atomic E-state index is -3.45. The van der Waals surface area contributed by atoms with Gasteiger partial charge < -0.3 is 10.3 Å². The zero-order chi connectivity index (χ0) is 11.8. The summed E-state index contributed by atoms with van der Waals surface area (Å²) >= 11 is 0. The first kappa shape index (κ1) is 11.6. The number of aromatic nitrogens is 2. The quantitative estimate of drug-likeness (QED) is 0.754. The van der Waals surface area contributed by atoms with Gasteiger partial charge in [-0.2, -0.15) is 4.31 Å². The predicted octanol–water partition coefficient (Wildman–Crippen LogP) is -0.218. The van der Waals surface area contributed by atoms with E-state index in [0.29, 0.717) is 19.6 Å². The summed E-state index contributed by atoms with van der Waals surface area (Å²) in [4.78, 5) is 6.41. The monoisotopic (exact) mass is 244 g/mol. The molecular formula is C9H16N4O2S. The Morgan fingerprint density at radius 1 is 1.50 bits per heavy atom.